The van der Waals surface area contributed by atoms with Crippen molar-refractivity contribution in [3.05, 3.63) is 71.3 Å². The minimum absolute atomic E-state index is 0.0906. The van der Waals surface area contributed by atoms with Crippen LogP contribution in [0.2, 0.25) is 5.02 Å². The largest absolute Gasteiger partial charge is 0.338 e. The quantitative estimate of drug-likeness (QED) is 0.568. The lowest BCUT2D eigenvalue weighted by Gasteiger charge is -2.15. The molecule has 2 rings (SSSR count). The van der Waals surface area contributed by atoms with E-state index in [2.05, 4.69) is 22.5 Å². The number of amides is 3. The lowest BCUT2D eigenvalue weighted by Crippen LogP contribution is -2.30. The Morgan fingerprint density at radius 1 is 1.07 bits per heavy atom. The molecule has 8 heteroatoms. The van der Waals surface area contributed by atoms with Gasteiger partial charge in [0, 0.05) is 17.9 Å². The summed E-state index contributed by atoms with van der Waals surface area (Å²) in [6.45, 7) is 5.84. The molecule has 0 unspecified atom stereocenters. The SMILES string of the molecule is C=C(CCNC(=O)Nc1ccc(F)c(Cl)c1)[C@H](C)C(=O)Nc1ccc(F)cc1. The molecule has 3 N–H and O–H groups in total. The molecule has 1 atom stereocenters. The summed E-state index contributed by atoms with van der Waals surface area (Å²) in [5.41, 5.74) is 1.47. The summed E-state index contributed by atoms with van der Waals surface area (Å²) < 4.78 is 26.0. The minimum Gasteiger partial charge on any atom is -0.338 e. The van der Waals surface area contributed by atoms with Gasteiger partial charge in [-0.1, -0.05) is 23.8 Å². The van der Waals surface area contributed by atoms with E-state index in [1.165, 1.54) is 36.4 Å². The maximum Gasteiger partial charge on any atom is 0.319 e. The number of urea groups is 1. The molecule has 148 valence electrons. The number of halogens is 3. The fourth-order valence-corrected chi connectivity index (χ4v) is 2.45. The minimum atomic E-state index is -0.572. The number of hydrogen-bond acceptors (Lipinski definition) is 2. The molecular weight excluding hydrogens is 388 g/mol. The van der Waals surface area contributed by atoms with Gasteiger partial charge in [-0.05, 0) is 55.8 Å². The fourth-order valence-electron chi connectivity index (χ4n) is 2.27. The lowest BCUT2D eigenvalue weighted by atomic mass is 9.99. The van der Waals surface area contributed by atoms with Gasteiger partial charge in [0.15, 0.2) is 0 Å². The summed E-state index contributed by atoms with van der Waals surface area (Å²) in [4.78, 5) is 24.1. The van der Waals surface area contributed by atoms with Gasteiger partial charge < -0.3 is 16.0 Å². The van der Waals surface area contributed by atoms with Crippen molar-refractivity contribution in [1.29, 1.82) is 0 Å². The molecule has 0 aromatic heterocycles. The molecule has 0 bridgehead atoms. The molecule has 0 spiro atoms. The molecule has 2 aromatic rings. The molecule has 0 fully saturated rings. The Kier molecular flexibility index (Phi) is 7.52. The second-order valence-electron chi connectivity index (χ2n) is 6.14. The van der Waals surface area contributed by atoms with Gasteiger partial charge in [-0.25, -0.2) is 13.6 Å². The fraction of sp³-hybridized carbons (Fsp3) is 0.200. The third-order valence-electron chi connectivity index (χ3n) is 4.03. The molecule has 0 saturated carbocycles. The number of benzene rings is 2. The van der Waals surface area contributed by atoms with E-state index < -0.39 is 17.8 Å². The van der Waals surface area contributed by atoms with E-state index in [-0.39, 0.29) is 23.3 Å². The van der Waals surface area contributed by atoms with Crippen LogP contribution >= 0.6 is 11.6 Å². The maximum absolute atomic E-state index is 13.1. The number of nitrogens with one attached hydrogen (secondary N) is 3. The van der Waals surface area contributed by atoms with E-state index in [1.54, 1.807) is 6.92 Å². The van der Waals surface area contributed by atoms with Crippen LogP contribution in [-0.4, -0.2) is 18.5 Å². The Morgan fingerprint density at radius 2 is 1.71 bits per heavy atom. The Hall–Kier alpha value is -2.93. The molecule has 0 aliphatic rings. The smallest absolute Gasteiger partial charge is 0.319 e. The highest BCUT2D eigenvalue weighted by Gasteiger charge is 2.16. The van der Waals surface area contributed by atoms with Crippen LogP contribution in [0.15, 0.2) is 54.6 Å². The van der Waals surface area contributed by atoms with Gasteiger partial charge in [0.1, 0.15) is 11.6 Å². The van der Waals surface area contributed by atoms with Crippen LogP contribution < -0.4 is 16.0 Å². The third kappa shape index (κ3) is 6.35. The summed E-state index contributed by atoms with van der Waals surface area (Å²) in [7, 11) is 0. The summed E-state index contributed by atoms with van der Waals surface area (Å²) in [5.74, 6) is -1.73. The van der Waals surface area contributed by atoms with Crippen LogP contribution in [0, 0.1) is 17.6 Å². The van der Waals surface area contributed by atoms with Crippen LogP contribution in [0.4, 0.5) is 25.0 Å². The van der Waals surface area contributed by atoms with Crippen molar-refractivity contribution in [2.75, 3.05) is 17.2 Å². The number of carbonyl (C=O) groups excluding carboxylic acids is 2. The van der Waals surface area contributed by atoms with Gasteiger partial charge in [-0.15, -0.1) is 0 Å². The average molecular weight is 408 g/mol. The Morgan fingerprint density at radius 3 is 2.36 bits per heavy atom. The van der Waals surface area contributed by atoms with Crippen molar-refractivity contribution < 1.29 is 18.4 Å². The Balaban J connectivity index is 1.75. The first-order valence-corrected chi connectivity index (χ1v) is 8.88. The molecule has 0 saturated heterocycles. The van der Waals surface area contributed by atoms with Crippen molar-refractivity contribution in [1.82, 2.24) is 5.32 Å². The third-order valence-corrected chi connectivity index (χ3v) is 4.32. The molecule has 3 amide bonds. The van der Waals surface area contributed by atoms with Gasteiger partial charge in [0.25, 0.3) is 0 Å². The normalized spacial score (nSPS) is 11.4. The number of carbonyl (C=O) groups is 2. The highest BCUT2D eigenvalue weighted by molar-refractivity contribution is 6.31. The second-order valence-corrected chi connectivity index (χ2v) is 6.54. The van der Waals surface area contributed by atoms with Crippen LogP contribution in [0.5, 0.6) is 0 Å². The van der Waals surface area contributed by atoms with Crippen LogP contribution in [0.3, 0.4) is 0 Å². The van der Waals surface area contributed by atoms with Crippen molar-refractivity contribution in [3.8, 4) is 0 Å². The van der Waals surface area contributed by atoms with Crippen LogP contribution in [0.1, 0.15) is 13.3 Å². The molecule has 28 heavy (non-hydrogen) atoms. The standard InChI is InChI=1S/C20H20ClF2N3O2/c1-12(13(2)19(27)25-15-5-3-14(22)4-6-15)9-10-24-20(28)26-16-7-8-18(23)17(21)11-16/h3-8,11,13H,1,9-10H2,2H3,(H,25,27)(H2,24,26,28)/t13-/m0/s1. The van der Waals surface area contributed by atoms with Gasteiger partial charge >= 0.3 is 6.03 Å². The predicted molar refractivity (Wildman–Crippen MR) is 106 cm³/mol. The molecule has 0 radical (unpaired) electrons. The summed E-state index contributed by atoms with van der Waals surface area (Å²) in [5, 5.41) is 7.75. The molecule has 2 aromatic carbocycles. The van der Waals surface area contributed by atoms with Gasteiger partial charge in [0.2, 0.25) is 5.91 Å². The molecule has 0 aliphatic carbocycles. The zero-order chi connectivity index (χ0) is 20.7. The number of anilines is 2. The molecule has 5 nitrogen and oxygen atoms in total. The summed E-state index contributed by atoms with van der Waals surface area (Å²) in [6, 6.07) is 8.81. The first kappa shape index (κ1) is 21.4. The van der Waals surface area contributed by atoms with E-state index in [1.807, 2.05) is 0 Å². The highest BCUT2D eigenvalue weighted by atomic mass is 35.5. The monoisotopic (exact) mass is 407 g/mol. The summed E-state index contributed by atoms with van der Waals surface area (Å²) in [6.07, 6.45) is 0.385. The number of rotatable bonds is 7. The first-order valence-electron chi connectivity index (χ1n) is 8.50. The van der Waals surface area contributed by atoms with Crippen LogP contribution in [-0.2, 0) is 4.79 Å². The highest BCUT2D eigenvalue weighted by Crippen LogP contribution is 2.19. The van der Waals surface area contributed by atoms with Crippen molar-refractivity contribution in [3.63, 3.8) is 0 Å². The average Bonchev–Trinajstić information content (AvgIpc) is 2.65. The maximum atomic E-state index is 13.1. The second kappa shape index (κ2) is 9.85. The first-order chi connectivity index (χ1) is 13.3. The van der Waals surface area contributed by atoms with Gasteiger partial charge in [-0.2, -0.15) is 0 Å². The lowest BCUT2D eigenvalue weighted by molar-refractivity contribution is -0.118. The summed E-state index contributed by atoms with van der Waals surface area (Å²) >= 11 is 5.66. The van der Waals surface area contributed by atoms with E-state index in [0.29, 0.717) is 23.4 Å². The topological polar surface area (TPSA) is 70.2 Å². The Bertz CT molecular complexity index is 872. The van der Waals surface area contributed by atoms with E-state index in [9.17, 15) is 18.4 Å². The van der Waals surface area contributed by atoms with Crippen molar-refractivity contribution >= 4 is 34.9 Å². The van der Waals surface area contributed by atoms with E-state index >= 15 is 0 Å². The number of hydrogen-bond donors (Lipinski definition) is 3. The molecular formula is C20H20ClF2N3O2. The van der Waals surface area contributed by atoms with E-state index in [0.717, 1.165) is 6.07 Å². The predicted octanol–water partition coefficient (Wildman–Crippen LogP) is 4.96. The van der Waals surface area contributed by atoms with Crippen molar-refractivity contribution in [2.45, 2.75) is 13.3 Å². The van der Waals surface area contributed by atoms with Crippen LogP contribution in [0.25, 0.3) is 0 Å². The van der Waals surface area contributed by atoms with E-state index in [4.69, 9.17) is 11.6 Å². The Labute approximate surface area is 166 Å². The van der Waals surface area contributed by atoms with Crippen molar-refractivity contribution in [2.24, 2.45) is 5.92 Å². The van der Waals surface area contributed by atoms with Gasteiger partial charge in [0.05, 0.1) is 10.9 Å². The zero-order valence-electron chi connectivity index (χ0n) is 15.2. The van der Waals surface area contributed by atoms with Gasteiger partial charge in [-0.3, -0.25) is 4.79 Å². The molecule has 0 heterocycles. The zero-order valence-corrected chi connectivity index (χ0v) is 15.9. The molecule has 0 aliphatic heterocycles.